The van der Waals surface area contributed by atoms with E-state index in [4.69, 9.17) is 6.42 Å². The van der Waals surface area contributed by atoms with Gasteiger partial charge < -0.3 is 0 Å². The number of fused-ring (bicyclic) bond motifs is 1. The highest BCUT2D eigenvalue weighted by Crippen LogP contribution is 2.34. The van der Waals surface area contributed by atoms with Gasteiger partial charge in [-0.3, -0.25) is 0 Å². The lowest BCUT2D eigenvalue weighted by Gasteiger charge is -2.00. The second-order valence-electron chi connectivity index (χ2n) is 11.1. The highest BCUT2D eigenvalue weighted by Gasteiger charge is 2.18. The molecule has 0 N–H and O–H groups in total. The predicted molar refractivity (Wildman–Crippen MR) is 261 cm³/mol. The van der Waals surface area contributed by atoms with Gasteiger partial charge >= 0.3 is 0 Å². The topological polar surface area (TPSA) is 0 Å². The SMILES string of the molecule is C#Cc1ccccc1C.C=C.C=C.C=C(C)c1cc2c(cc1S)C2.C=C/C=C(C)\C(C)=C/C.CC.CC.CCCC.CCCC.CCCC.CCCC. The molecule has 1 heteroatoms. The van der Waals surface area contributed by atoms with E-state index in [0.717, 1.165) is 22.5 Å². The van der Waals surface area contributed by atoms with E-state index in [1.807, 2.05) is 84.9 Å². The molecule has 0 aliphatic heterocycles. The van der Waals surface area contributed by atoms with Crippen LogP contribution in [-0.4, -0.2) is 0 Å². The van der Waals surface area contributed by atoms with Gasteiger partial charge in [0.1, 0.15) is 0 Å². The molecule has 0 heterocycles. The fraction of sp³-hybridized carbons (Fsp3) is 0.500. The Morgan fingerprint density at radius 2 is 1.06 bits per heavy atom. The number of terminal acetylenes is 1. The smallest absolute Gasteiger partial charge is 0.0271 e. The summed E-state index contributed by atoms with van der Waals surface area (Å²) >= 11 is 4.38. The van der Waals surface area contributed by atoms with E-state index >= 15 is 0 Å². The van der Waals surface area contributed by atoms with E-state index in [1.54, 1.807) is 0 Å². The van der Waals surface area contributed by atoms with E-state index in [1.165, 1.54) is 84.8 Å². The van der Waals surface area contributed by atoms with Crippen molar-refractivity contribution in [2.24, 2.45) is 0 Å². The molecule has 2 aromatic carbocycles. The number of hydrogen-bond acceptors (Lipinski definition) is 1. The maximum Gasteiger partial charge on any atom is 0.0271 e. The predicted octanol–water partition coefficient (Wildman–Crippen LogP) is 18.9. The van der Waals surface area contributed by atoms with Crippen LogP contribution in [0, 0.1) is 19.3 Å². The fourth-order valence-corrected chi connectivity index (χ4v) is 2.96. The van der Waals surface area contributed by atoms with Crippen molar-refractivity contribution in [3.63, 3.8) is 0 Å². The summed E-state index contributed by atoms with van der Waals surface area (Å²) in [6.07, 6.45) is 22.8. The fourth-order valence-electron chi connectivity index (χ4n) is 2.55. The lowest BCUT2D eigenvalue weighted by molar-refractivity contribution is 0.886. The van der Waals surface area contributed by atoms with Crippen molar-refractivity contribution in [1.29, 1.82) is 0 Å². The van der Waals surface area contributed by atoms with Gasteiger partial charge in [-0.2, -0.15) is 0 Å². The Balaban J connectivity index is -0.0000000747. The highest BCUT2D eigenvalue weighted by molar-refractivity contribution is 7.80. The van der Waals surface area contributed by atoms with Crippen molar-refractivity contribution in [2.75, 3.05) is 0 Å². The molecule has 0 saturated carbocycles. The number of hydrogen-bond donors (Lipinski definition) is 1. The summed E-state index contributed by atoms with van der Waals surface area (Å²) in [7, 11) is 0. The zero-order chi connectivity index (χ0) is 43.6. The first-order valence-corrected chi connectivity index (χ1v) is 20.8. The molecule has 0 bridgehead atoms. The maximum absolute atomic E-state index is 5.20. The largest absolute Gasteiger partial charge is 0.143 e. The molecule has 1 aliphatic rings. The molecule has 0 radical (unpaired) electrons. The van der Waals surface area contributed by atoms with Gasteiger partial charge in [0.2, 0.25) is 0 Å². The minimum absolute atomic E-state index is 0.984. The van der Waals surface area contributed by atoms with Gasteiger partial charge in [0.25, 0.3) is 0 Å². The van der Waals surface area contributed by atoms with Crippen LogP contribution in [0.2, 0.25) is 0 Å². The zero-order valence-corrected chi connectivity index (χ0v) is 39.7. The number of unbranched alkanes of at least 4 members (excludes halogenated alkanes) is 4. The molecule has 0 atom stereocenters. The van der Waals surface area contributed by atoms with Gasteiger partial charge in [0.15, 0.2) is 0 Å². The summed E-state index contributed by atoms with van der Waals surface area (Å²) in [5.74, 6) is 2.60. The van der Waals surface area contributed by atoms with Crippen LogP contribution in [0.4, 0.5) is 0 Å². The van der Waals surface area contributed by atoms with E-state index in [9.17, 15) is 0 Å². The normalized spacial score (nSPS) is 9.00. The summed E-state index contributed by atoms with van der Waals surface area (Å²) in [5, 5.41) is 0. The standard InChI is InChI=1S/C10H10S.C9H8.C9H14.4C4H10.2C2H6.2C2H4/c1-6(2)9-4-7-3-8(7)5-10(9)11;1-3-9-7-5-4-6-8(9)2;1-5-7-9(4)8(3)6-2;4*1-3-4-2;4*1-2/h4-5,11H,1,3H2,2H3;1,4-7H,2H3;5-7H,1H2,2-4H3;4*3-4H2,1-2H3;2*1-2H3;2*1-2H2/b;;8-6-,9-7-;;;;;;;;. The molecule has 0 aromatic heterocycles. The Hall–Kier alpha value is -3.21. The number of thiol groups is 1. The summed E-state index contributed by atoms with van der Waals surface area (Å²) in [4.78, 5) is 1.06. The summed E-state index contributed by atoms with van der Waals surface area (Å²) in [6, 6.07) is 12.2. The third kappa shape index (κ3) is 53.2. The number of aryl methyl sites for hydroxylation is 1. The van der Waals surface area contributed by atoms with Crippen molar-refractivity contribution in [2.45, 2.75) is 180 Å². The van der Waals surface area contributed by atoms with Gasteiger partial charge in [-0.25, -0.2) is 0 Å². The lowest BCUT2D eigenvalue weighted by Crippen LogP contribution is -1.78. The average molecular weight is 749 g/mol. The van der Waals surface area contributed by atoms with Crippen molar-refractivity contribution in [1.82, 2.24) is 0 Å². The average Bonchev–Trinajstić information content (AvgIpc) is 3.99. The summed E-state index contributed by atoms with van der Waals surface area (Å²) < 4.78 is 0. The Kier molecular flexibility index (Phi) is 77.9. The van der Waals surface area contributed by atoms with Gasteiger partial charge in [0.05, 0.1) is 0 Å². The number of allylic oxidation sites excluding steroid dienone is 6. The quantitative estimate of drug-likeness (QED) is 0.106. The molecular formula is C52H92S. The van der Waals surface area contributed by atoms with Crippen LogP contribution in [0.25, 0.3) is 5.57 Å². The Labute approximate surface area is 342 Å². The minimum Gasteiger partial charge on any atom is -0.143 e. The van der Waals surface area contributed by atoms with Gasteiger partial charge in [-0.1, -0.05) is 196 Å². The zero-order valence-electron chi connectivity index (χ0n) is 38.8. The molecule has 3 rings (SSSR count). The van der Waals surface area contributed by atoms with Crippen molar-refractivity contribution >= 4 is 18.2 Å². The Bertz CT molecular complexity index is 1110. The second-order valence-corrected chi connectivity index (χ2v) is 11.6. The van der Waals surface area contributed by atoms with Crippen LogP contribution in [0.5, 0.6) is 0 Å². The van der Waals surface area contributed by atoms with Gasteiger partial charge in [-0.15, -0.1) is 45.4 Å². The molecule has 306 valence electrons. The molecule has 0 unspecified atom stereocenters. The van der Waals surface area contributed by atoms with Crippen LogP contribution in [0.3, 0.4) is 0 Å². The summed E-state index contributed by atoms with van der Waals surface area (Å²) in [5.41, 5.74) is 9.95. The van der Waals surface area contributed by atoms with Crippen LogP contribution in [0.1, 0.15) is 190 Å². The van der Waals surface area contributed by atoms with E-state index in [2.05, 4.69) is 145 Å². The molecular weight excluding hydrogens is 657 g/mol. The minimum atomic E-state index is 0.984. The van der Waals surface area contributed by atoms with E-state index in [0.29, 0.717) is 0 Å². The molecule has 2 aromatic rings. The first-order valence-electron chi connectivity index (χ1n) is 20.4. The molecule has 0 amide bonds. The van der Waals surface area contributed by atoms with Crippen LogP contribution in [-0.2, 0) is 6.42 Å². The monoisotopic (exact) mass is 749 g/mol. The maximum atomic E-state index is 5.20. The molecule has 0 nitrogen and oxygen atoms in total. The summed E-state index contributed by atoms with van der Waals surface area (Å²) in [6.45, 7) is 55.2. The second kappa shape index (κ2) is 60.9. The molecule has 1 aliphatic carbocycles. The third-order valence-corrected chi connectivity index (χ3v) is 7.13. The van der Waals surface area contributed by atoms with Gasteiger partial charge in [0, 0.05) is 10.5 Å². The number of benzene rings is 2. The first kappa shape index (κ1) is 67.9. The van der Waals surface area contributed by atoms with Crippen LogP contribution >= 0.6 is 12.6 Å². The van der Waals surface area contributed by atoms with Crippen molar-refractivity contribution < 1.29 is 0 Å². The molecule has 0 saturated heterocycles. The van der Waals surface area contributed by atoms with Crippen molar-refractivity contribution in [3.05, 3.63) is 133 Å². The van der Waals surface area contributed by atoms with Crippen molar-refractivity contribution in [3.8, 4) is 12.3 Å². The van der Waals surface area contributed by atoms with Crippen LogP contribution < -0.4 is 0 Å². The molecule has 0 spiro atoms. The lowest BCUT2D eigenvalue weighted by atomic mass is 10.1. The third-order valence-electron chi connectivity index (χ3n) is 6.76. The molecule has 0 fully saturated rings. The van der Waals surface area contributed by atoms with E-state index in [-0.39, 0.29) is 0 Å². The van der Waals surface area contributed by atoms with Crippen LogP contribution in [0.15, 0.2) is 110 Å². The van der Waals surface area contributed by atoms with Gasteiger partial charge in [-0.05, 0) is 92.6 Å². The van der Waals surface area contributed by atoms with E-state index < -0.39 is 0 Å². The number of rotatable bonds is 7. The Morgan fingerprint density at radius 3 is 1.32 bits per heavy atom. The molecule has 53 heavy (non-hydrogen) atoms. The first-order chi connectivity index (χ1) is 25.4. The highest BCUT2D eigenvalue weighted by atomic mass is 32.1. The Morgan fingerprint density at radius 1 is 0.698 bits per heavy atom.